The zero-order chi connectivity index (χ0) is 26.5. The number of fused-ring (bicyclic) bond motifs is 4. The molecule has 0 fully saturated rings. The van der Waals surface area contributed by atoms with Crippen LogP contribution in [0.25, 0.3) is 21.8 Å². The molecular weight excluding hydrogens is 482 g/mol. The zero-order valence-electron chi connectivity index (χ0n) is 22.2. The average Bonchev–Trinajstić information content (AvgIpc) is 3.18. The standard InChI is InChI=1S/C34H31N3O2/c1-3-37-29-14-8-4-11-24(29)25-18-21(16-17-30(25)37)34-33-28(35-26-12-6-7-13-27(26)36-34)19-22(20-31(33)38)23-10-5-9-15-32(23)39-2/h4-18,22,34-36H,3,19-20H2,1-2H3. The van der Waals surface area contributed by atoms with E-state index < -0.39 is 0 Å². The smallest absolute Gasteiger partial charge is 0.163 e. The number of Topliss-reactive ketones (excluding diaryl/α,β-unsaturated/α-hetero) is 1. The molecule has 2 atom stereocenters. The molecule has 0 bridgehead atoms. The summed E-state index contributed by atoms with van der Waals surface area (Å²) in [6.07, 6.45) is 1.19. The van der Waals surface area contributed by atoms with Crippen molar-refractivity contribution in [2.45, 2.75) is 38.3 Å². The SMILES string of the molecule is CCn1c2ccccc2c2cc(C3Nc4ccccc4NC4=C3C(=O)CC(c3ccccc3OC)C4)ccc21. The number of allylic oxidation sites excluding steroid dienone is 1. The number of carbonyl (C=O) groups excluding carboxylic acids is 1. The molecular formula is C34H31N3O2. The van der Waals surface area contributed by atoms with Gasteiger partial charge in [-0.25, -0.2) is 0 Å². The minimum Gasteiger partial charge on any atom is -0.496 e. The van der Waals surface area contributed by atoms with Crippen molar-refractivity contribution in [3.63, 3.8) is 0 Å². The summed E-state index contributed by atoms with van der Waals surface area (Å²) in [4.78, 5) is 14.0. The number of rotatable bonds is 4. The highest BCUT2D eigenvalue weighted by molar-refractivity contribution is 6.08. The van der Waals surface area contributed by atoms with Crippen LogP contribution in [0, 0.1) is 0 Å². The van der Waals surface area contributed by atoms with Crippen LogP contribution in [0.5, 0.6) is 5.75 Å². The van der Waals surface area contributed by atoms with Crippen molar-refractivity contribution in [2.75, 3.05) is 17.7 Å². The van der Waals surface area contributed by atoms with Gasteiger partial charge in [0.2, 0.25) is 0 Å². The Balaban J connectivity index is 1.39. The number of hydrogen-bond acceptors (Lipinski definition) is 4. The molecule has 5 nitrogen and oxygen atoms in total. The highest BCUT2D eigenvalue weighted by atomic mass is 16.5. The van der Waals surface area contributed by atoms with E-state index in [1.165, 1.54) is 21.8 Å². The minimum atomic E-state index is -0.254. The van der Waals surface area contributed by atoms with Gasteiger partial charge in [-0.2, -0.15) is 0 Å². The van der Waals surface area contributed by atoms with Crippen molar-refractivity contribution < 1.29 is 9.53 Å². The van der Waals surface area contributed by atoms with Crippen LogP contribution in [0.4, 0.5) is 11.4 Å². The molecule has 1 aliphatic heterocycles. The van der Waals surface area contributed by atoms with Gasteiger partial charge in [0.05, 0.1) is 24.5 Å². The molecule has 0 saturated heterocycles. The number of benzene rings is 4. The third-order valence-electron chi connectivity index (χ3n) is 8.33. The van der Waals surface area contributed by atoms with Gasteiger partial charge in [0.15, 0.2) is 5.78 Å². The Morgan fingerprint density at radius 2 is 1.59 bits per heavy atom. The summed E-state index contributed by atoms with van der Waals surface area (Å²) < 4.78 is 8.03. The van der Waals surface area contributed by atoms with E-state index in [1.807, 2.05) is 30.3 Å². The molecule has 2 unspecified atom stereocenters. The molecule has 2 N–H and O–H groups in total. The average molecular weight is 514 g/mol. The summed E-state index contributed by atoms with van der Waals surface area (Å²) in [5.41, 5.74) is 8.43. The highest BCUT2D eigenvalue weighted by Gasteiger charge is 2.37. The van der Waals surface area contributed by atoms with Crippen molar-refractivity contribution in [1.82, 2.24) is 4.57 Å². The Morgan fingerprint density at radius 1 is 0.846 bits per heavy atom. The van der Waals surface area contributed by atoms with Gasteiger partial charge >= 0.3 is 0 Å². The molecule has 1 aromatic heterocycles. The maximum atomic E-state index is 14.0. The number of ketones is 1. The summed E-state index contributed by atoms with van der Waals surface area (Å²) in [6, 6.07) is 31.3. The van der Waals surface area contributed by atoms with Gasteiger partial charge in [-0.05, 0) is 60.9 Å². The number of aromatic nitrogens is 1. The van der Waals surface area contributed by atoms with E-state index >= 15 is 0 Å². The molecule has 1 aliphatic carbocycles. The highest BCUT2D eigenvalue weighted by Crippen LogP contribution is 2.46. The van der Waals surface area contributed by atoms with E-state index in [1.54, 1.807) is 7.11 Å². The van der Waals surface area contributed by atoms with Gasteiger partial charge in [-0.3, -0.25) is 4.79 Å². The van der Waals surface area contributed by atoms with E-state index in [2.05, 4.69) is 82.8 Å². The lowest BCUT2D eigenvalue weighted by atomic mass is 9.78. The van der Waals surface area contributed by atoms with E-state index in [0.29, 0.717) is 6.42 Å². The van der Waals surface area contributed by atoms with Gasteiger partial charge < -0.3 is 19.9 Å². The van der Waals surface area contributed by atoms with Crippen molar-refractivity contribution in [1.29, 1.82) is 0 Å². The number of nitrogens with zero attached hydrogens (tertiary/aromatic N) is 1. The third kappa shape index (κ3) is 3.80. The van der Waals surface area contributed by atoms with Gasteiger partial charge in [0, 0.05) is 52.0 Å². The fourth-order valence-electron chi connectivity index (χ4n) is 6.56. The van der Waals surface area contributed by atoms with Crippen molar-refractivity contribution in [3.8, 4) is 5.75 Å². The Hall–Kier alpha value is -4.51. The summed E-state index contributed by atoms with van der Waals surface area (Å²) in [5.74, 6) is 1.05. The second-order valence-electron chi connectivity index (χ2n) is 10.4. The predicted octanol–water partition coefficient (Wildman–Crippen LogP) is 7.80. The molecule has 194 valence electrons. The normalized spacial score (nSPS) is 18.8. The first kappa shape index (κ1) is 23.6. The number of para-hydroxylation sites is 4. The molecule has 7 rings (SSSR count). The van der Waals surface area contributed by atoms with E-state index in [9.17, 15) is 4.79 Å². The topological polar surface area (TPSA) is 55.3 Å². The Labute approximate surface area is 228 Å². The molecule has 39 heavy (non-hydrogen) atoms. The van der Waals surface area contributed by atoms with Crippen LogP contribution in [0.2, 0.25) is 0 Å². The monoisotopic (exact) mass is 513 g/mol. The van der Waals surface area contributed by atoms with E-state index in [4.69, 9.17) is 4.74 Å². The third-order valence-corrected chi connectivity index (χ3v) is 8.33. The fraction of sp³-hybridized carbons (Fsp3) is 0.206. The molecule has 0 saturated carbocycles. The first-order valence-corrected chi connectivity index (χ1v) is 13.7. The maximum absolute atomic E-state index is 14.0. The molecule has 2 aliphatic rings. The van der Waals surface area contributed by atoms with Gasteiger partial charge in [0.1, 0.15) is 5.75 Å². The van der Waals surface area contributed by atoms with Crippen molar-refractivity contribution in [2.24, 2.45) is 0 Å². The lowest BCUT2D eigenvalue weighted by Crippen LogP contribution is -2.27. The van der Waals surface area contributed by atoms with E-state index in [0.717, 1.165) is 52.5 Å². The number of carbonyl (C=O) groups is 1. The minimum absolute atomic E-state index is 0.0517. The molecule has 4 aromatic carbocycles. The molecule has 0 radical (unpaired) electrons. The van der Waals surface area contributed by atoms with Crippen LogP contribution in [0.3, 0.4) is 0 Å². The number of aryl methyl sites for hydroxylation is 1. The van der Waals surface area contributed by atoms with Crippen LogP contribution >= 0.6 is 0 Å². The Morgan fingerprint density at radius 3 is 2.44 bits per heavy atom. The lowest BCUT2D eigenvalue weighted by Gasteiger charge is -2.30. The van der Waals surface area contributed by atoms with Crippen LogP contribution in [0.1, 0.15) is 42.9 Å². The first-order chi connectivity index (χ1) is 19.2. The first-order valence-electron chi connectivity index (χ1n) is 13.7. The Bertz CT molecular complexity index is 1780. The van der Waals surface area contributed by atoms with E-state index in [-0.39, 0.29) is 17.7 Å². The number of hydrogen-bond donors (Lipinski definition) is 2. The molecule has 0 amide bonds. The quantitative estimate of drug-likeness (QED) is 0.257. The second kappa shape index (κ2) is 9.35. The summed E-state index contributed by atoms with van der Waals surface area (Å²) in [7, 11) is 1.69. The van der Waals surface area contributed by atoms with Crippen LogP contribution in [-0.4, -0.2) is 17.5 Å². The van der Waals surface area contributed by atoms with Crippen LogP contribution in [-0.2, 0) is 11.3 Å². The second-order valence-corrected chi connectivity index (χ2v) is 10.4. The van der Waals surface area contributed by atoms with Crippen LogP contribution < -0.4 is 15.4 Å². The Kier molecular flexibility index (Phi) is 5.66. The number of methoxy groups -OCH3 is 1. The van der Waals surface area contributed by atoms with Gasteiger partial charge in [0.25, 0.3) is 0 Å². The maximum Gasteiger partial charge on any atom is 0.163 e. The lowest BCUT2D eigenvalue weighted by molar-refractivity contribution is -0.116. The molecule has 0 spiro atoms. The number of nitrogens with one attached hydrogen (secondary N) is 2. The van der Waals surface area contributed by atoms with Gasteiger partial charge in [-0.1, -0.05) is 54.6 Å². The largest absolute Gasteiger partial charge is 0.496 e. The number of anilines is 2. The molecule has 2 heterocycles. The summed E-state index contributed by atoms with van der Waals surface area (Å²) >= 11 is 0. The fourth-order valence-corrected chi connectivity index (χ4v) is 6.56. The molecule has 5 aromatic rings. The van der Waals surface area contributed by atoms with Crippen molar-refractivity contribution >= 4 is 39.0 Å². The molecule has 5 heteroatoms. The van der Waals surface area contributed by atoms with Crippen LogP contribution in [0.15, 0.2) is 102 Å². The number of ether oxygens (including phenoxy) is 1. The summed E-state index contributed by atoms with van der Waals surface area (Å²) in [6.45, 7) is 3.09. The van der Waals surface area contributed by atoms with Crippen molar-refractivity contribution in [3.05, 3.63) is 113 Å². The summed E-state index contributed by atoms with van der Waals surface area (Å²) in [5, 5.41) is 9.86. The van der Waals surface area contributed by atoms with Gasteiger partial charge in [-0.15, -0.1) is 0 Å². The predicted molar refractivity (Wildman–Crippen MR) is 159 cm³/mol. The zero-order valence-corrected chi connectivity index (χ0v) is 22.2.